The standard InChI is InChI=1S/C33H39N9O2/c1-5-30(43)42-16-15-41(19-23(42)10-12-34)32-25-11-14-40(31-22(2)8-9-29-27(31)18-36-39(29)4)20-28(25)37-33(26(32)17-35)44-21-24-7-6-13-38(24)3/h5,8-9,18,23-24H,1,6-7,10-11,13-16,19-21H2,2-4H3/t23-,24-/m0/s1. The number of nitriles is 2. The van der Waals surface area contributed by atoms with Gasteiger partial charge >= 0.3 is 0 Å². The number of amides is 1. The number of hydrogen-bond acceptors (Lipinski definition) is 9. The maximum absolute atomic E-state index is 12.6. The zero-order valence-corrected chi connectivity index (χ0v) is 25.8. The van der Waals surface area contributed by atoms with Crippen LogP contribution in [0.25, 0.3) is 10.9 Å². The largest absolute Gasteiger partial charge is 0.475 e. The smallest absolute Gasteiger partial charge is 0.246 e. The minimum atomic E-state index is -0.308. The van der Waals surface area contributed by atoms with E-state index in [2.05, 4.69) is 64.6 Å². The molecule has 11 nitrogen and oxygen atoms in total. The Labute approximate surface area is 258 Å². The summed E-state index contributed by atoms with van der Waals surface area (Å²) < 4.78 is 8.30. The van der Waals surface area contributed by atoms with Crippen LogP contribution in [0.15, 0.2) is 31.0 Å². The van der Waals surface area contributed by atoms with E-state index in [9.17, 15) is 15.3 Å². The molecule has 0 radical (unpaired) electrons. The van der Waals surface area contributed by atoms with E-state index in [0.29, 0.717) is 50.7 Å². The normalized spacial score (nSPS) is 20.3. The number of piperazine rings is 1. The number of rotatable bonds is 7. The Morgan fingerprint density at radius 2 is 1.98 bits per heavy atom. The fourth-order valence-corrected chi connectivity index (χ4v) is 7.13. The minimum absolute atomic E-state index is 0.178. The molecule has 1 aromatic carbocycles. The van der Waals surface area contributed by atoms with Gasteiger partial charge in [-0.15, -0.1) is 0 Å². The second-order valence-electron chi connectivity index (χ2n) is 12.1. The van der Waals surface area contributed by atoms with Crippen LogP contribution in [0.4, 0.5) is 11.4 Å². The highest BCUT2D eigenvalue weighted by molar-refractivity contribution is 5.94. The molecule has 3 aromatic rings. The SMILES string of the molecule is C=CC(=O)N1CCN(c2c(C#N)c(OC[C@@H]3CCCN3C)nc3c2CCN(c2c(C)ccc4c2cnn4C)C3)C[C@@H]1CC#N. The van der Waals surface area contributed by atoms with Crippen molar-refractivity contribution >= 4 is 28.2 Å². The molecule has 6 rings (SSSR count). The fraction of sp³-hybridized carbons (Fsp3) is 0.485. The number of nitrogens with zero attached hydrogens (tertiary/aromatic N) is 9. The number of likely N-dealkylation sites (tertiary alicyclic amines) is 1. The summed E-state index contributed by atoms with van der Waals surface area (Å²) in [5.41, 5.74) is 6.59. The number of pyridine rings is 1. The van der Waals surface area contributed by atoms with E-state index < -0.39 is 0 Å². The second kappa shape index (κ2) is 12.2. The maximum atomic E-state index is 12.6. The van der Waals surface area contributed by atoms with Crippen LogP contribution in [-0.2, 0) is 24.8 Å². The van der Waals surface area contributed by atoms with Gasteiger partial charge in [-0.1, -0.05) is 12.6 Å². The van der Waals surface area contributed by atoms with Gasteiger partial charge in [0, 0.05) is 50.2 Å². The molecule has 0 aliphatic carbocycles. The number of likely N-dealkylation sites (N-methyl/N-ethyl adjacent to an activating group) is 1. The van der Waals surface area contributed by atoms with Crippen molar-refractivity contribution in [1.82, 2.24) is 24.6 Å². The molecule has 2 aromatic heterocycles. The van der Waals surface area contributed by atoms with Crippen LogP contribution in [0.1, 0.15) is 41.6 Å². The van der Waals surface area contributed by atoms with E-state index >= 15 is 0 Å². The van der Waals surface area contributed by atoms with Crippen molar-refractivity contribution in [3.8, 4) is 18.0 Å². The third kappa shape index (κ3) is 5.22. The Bertz CT molecular complexity index is 1680. The lowest BCUT2D eigenvalue weighted by atomic mass is 9.96. The summed E-state index contributed by atoms with van der Waals surface area (Å²) in [6.45, 7) is 10.0. The maximum Gasteiger partial charge on any atom is 0.246 e. The summed E-state index contributed by atoms with van der Waals surface area (Å²) in [5.74, 6) is 0.184. The second-order valence-corrected chi connectivity index (χ2v) is 12.1. The molecule has 11 heteroatoms. The van der Waals surface area contributed by atoms with E-state index in [1.54, 1.807) is 4.90 Å². The number of carbonyl (C=O) groups excluding carboxylic acids is 1. The summed E-state index contributed by atoms with van der Waals surface area (Å²) in [4.78, 5) is 26.2. The summed E-state index contributed by atoms with van der Waals surface area (Å²) in [5, 5.41) is 25.8. The first kappa shape index (κ1) is 29.5. The number of benzene rings is 1. The lowest BCUT2D eigenvalue weighted by Crippen LogP contribution is -2.55. The number of carbonyl (C=O) groups is 1. The molecule has 0 bridgehead atoms. The van der Waals surface area contributed by atoms with Gasteiger partial charge in [0.25, 0.3) is 0 Å². The zero-order chi connectivity index (χ0) is 31.0. The predicted octanol–water partition coefficient (Wildman–Crippen LogP) is 3.30. The van der Waals surface area contributed by atoms with Gasteiger partial charge in [-0.05, 0) is 57.5 Å². The number of aryl methyl sites for hydroxylation is 2. The molecule has 0 N–H and O–H groups in total. The van der Waals surface area contributed by atoms with Crippen LogP contribution < -0.4 is 14.5 Å². The molecular formula is C33H39N9O2. The van der Waals surface area contributed by atoms with Gasteiger partial charge in [0.2, 0.25) is 11.8 Å². The molecule has 228 valence electrons. The van der Waals surface area contributed by atoms with Crippen molar-refractivity contribution in [2.75, 3.05) is 56.2 Å². The predicted molar refractivity (Wildman–Crippen MR) is 168 cm³/mol. The van der Waals surface area contributed by atoms with Gasteiger partial charge in [-0.25, -0.2) is 4.98 Å². The average molecular weight is 594 g/mol. The Kier molecular flexibility index (Phi) is 8.15. The Hall–Kier alpha value is -4.61. The molecule has 0 spiro atoms. The first-order chi connectivity index (χ1) is 21.3. The number of ether oxygens (including phenoxy) is 1. The van der Waals surface area contributed by atoms with E-state index in [0.717, 1.165) is 59.5 Å². The molecule has 5 heterocycles. The lowest BCUT2D eigenvalue weighted by Gasteiger charge is -2.43. The topological polar surface area (TPSA) is 118 Å². The summed E-state index contributed by atoms with van der Waals surface area (Å²) in [7, 11) is 4.06. The van der Waals surface area contributed by atoms with Crippen LogP contribution in [0, 0.1) is 29.6 Å². The fourth-order valence-electron chi connectivity index (χ4n) is 7.13. The van der Waals surface area contributed by atoms with Gasteiger partial charge in [0.15, 0.2) is 0 Å². The van der Waals surface area contributed by atoms with Crippen LogP contribution in [0.2, 0.25) is 0 Å². The molecule has 0 unspecified atom stereocenters. The molecule has 2 atom stereocenters. The number of anilines is 2. The number of hydrogen-bond donors (Lipinski definition) is 0. The Morgan fingerprint density at radius 3 is 2.70 bits per heavy atom. The van der Waals surface area contributed by atoms with Gasteiger partial charge in [-0.3, -0.25) is 9.48 Å². The molecule has 0 saturated carbocycles. The van der Waals surface area contributed by atoms with Gasteiger partial charge < -0.3 is 24.3 Å². The Morgan fingerprint density at radius 1 is 1.14 bits per heavy atom. The summed E-state index contributed by atoms with van der Waals surface area (Å²) >= 11 is 0. The first-order valence-corrected chi connectivity index (χ1v) is 15.3. The van der Waals surface area contributed by atoms with Crippen molar-refractivity contribution in [3.63, 3.8) is 0 Å². The molecule has 3 aliphatic rings. The summed E-state index contributed by atoms with van der Waals surface area (Å²) in [6.07, 6.45) is 6.30. The van der Waals surface area contributed by atoms with E-state index in [4.69, 9.17) is 9.72 Å². The number of aromatic nitrogens is 3. The Balaban J connectivity index is 1.41. The molecule has 2 fully saturated rings. The third-order valence-electron chi connectivity index (χ3n) is 9.49. The summed E-state index contributed by atoms with van der Waals surface area (Å²) in [6, 6.07) is 8.90. The van der Waals surface area contributed by atoms with Crippen molar-refractivity contribution in [2.45, 2.75) is 51.2 Å². The highest BCUT2D eigenvalue weighted by atomic mass is 16.5. The molecule has 3 aliphatic heterocycles. The van der Waals surface area contributed by atoms with E-state index in [-0.39, 0.29) is 24.4 Å². The number of fused-ring (bicyclic) bond motifs is 2. The van der Waals surface area contributed by atoms with Crippen molar-refractivity contribution in [2.24, 2.45) is 7.05 Å². The van der Waals surface area contributed by atoms with E-state index in [1.165, 1.54) is 11.6 Å². The molecule has 2 saturated heterocycles. The minimum Gasteiger partial charge on any atom is -0.475 e. The van der Waals surface area contributed by atoms with E-state index in [1.807, 2.05) is 17.9 Å². The lowest BCUT2D eigenvalue weighted by molar-refractivity contribution is -0.128. The molecule has 44 heavy (non-hydrogen) atoms. The van der Waals surface area contributed by atoms with Gasteiger partial charge in [0.1, 0.15) is 18.2 Å². The van der Waals surface area contributed by atoms with Crippen LogP contribution >= 0.6 is 0 Å². The average Bonchev–Trinajstić information content (AvgIpc) is 3.62. The van der Waals surface area contributed by atoms with Crippen LogP contribution in [0.3, 0.4) is 0 Å². The van der Waals surface area contributed by atoms with Crippen LogP contribution in [-0.4, -0.2) is 88.9 Å². The molecule has 1 amide bonds. The van der Waals surface area contributed by atoms with Crippen LogP contribution in [0.5, 0.6) is 5.88 Å². The van der Waals surface area contributed by atoms with Crippen molar-refractivity contribution < 1.29 is 9.53 Å². The van der Waals surface area contributed by atoms with Gasteiger partial charge in [0.05, 0.1) is 53.9 Å². The quantitative estimate of drug-likeness (QED) is 0.380. The van der Waals surface area contributed by atoms with Gasteiger partial charge in [-0.2, -0.15) is 15.6 Å². The first-order valence-electron chi connectivity index (χ1n) is 15.3. The van der Waals surface area contributed by atoms with Crippen molar-refractivity contribution in [3.05, 3.63) is 53.4 Å². The van der Waals surface area contributed by atoms with Crippen molar-refractivity contribution in [1.29, 1.82) is 10.5 Å². The monoisotopic (exact) mass is 593 g/mol. The molecular weight excluding hydrogens is 554 g/mol. The highest BCUT2D eigenvalue weighted by Crippen LogP contribution is 2.40. The zero-order valence-electron chi connectivity index (χ0n) is 25.8. The third-order valence-corrected chi connectivity index (χ3v) is 9.49. The highest BCUT2D eigenvalue weighted by Gasteiger charge is 2.35.